The molecule has 0 spiro atoms. The molecule has 12 heavy (non-hydrogen) atoms. The molecular weight excluding hydrogens is 157 g/mol. The highest BCUT2D eigenvalue weighted by atomic mass is 19.1. The van der Waals surface area contributed by atoms with Crippen molar-refractivity contribution >= 4 is 12.0 Å². The van der Waals surface area contributed by atoms with Crippen molar-refractivity contribution in [2.24, 2.45) is 0 Å². The van der Waals surface area contributed by atoms with Gasteiger partial charge in [-0.1, -0.05) is 12.0 Å². The first-order valence-corrected chi connectivity index (χ1v) is 3.25. The second kappa shape index (κ2) is 3.54. The van der Waals surface area contributed by atoms with Crippen molar-refractivity contribution in [1.82, 2.24) is 0 Å². The Hall–Kier alpha value is -1.82. The molecule has 2 N–H and O–H groups in total. The van der Waals surface area contributed by atoms with E-state index in [1.54, 1.807) is 6.07 Å². The molecule has 0 aliphatic rings. The molecule has 0 radical (unpaired) electrons. The normalized spacial score (nSPS) is 8.42. The summed E-state index contributed by atoms with van der Waals surface area (Å²) in [5, 5.41) is 0. The van der Waals surface area contributed by atoms with Crippen molar-refractivity contribution in [2.75, 3.05) is 5.73 Å². The molecule has 0 saturated heterocycles. The monoisotopic (exact) mass is 163 g/mol. The van der Waals surface area contributed by atoms with Crippen LogP contribution in [0, 0.1) is 17.7 Å². The molecule has 0 atom stereocenters. The number of halogens is 1. The lowest BCUT2D eigenvalue weighted by Gasteiger charge is -1.97. The van der Waals surface area contributed by atoms with Gasteiger partial charge in [0.05, 0.1) is 11.3 Å². The predicted molar refractivity (Wildman–Crippen MR) is 43.8 cm³/mol. The number of nitrogens with two attached hydrogens (primary N) is 1. The fraction of sp³-hybridized carbons (Fsp3) is 0. The average molecular weight is 163 g/mol. The van der Waals surface area contributed by atoms with Gasteiger partial charge < -0.3 is 5.73 Å². The van der Waals surface area contributed by atoms with Crippen LogP contribution in [0.15, 0.2) is 18.2 Å². The van der Waals surface area contributed by atoms with E-state index < -0.39 is 5.82 Å². The smallest absolute Gasteiger partial charge is 0.193 e. The van der Waals surface area contributed by atoms with E-state index in [2.05, 4.69) is 11.8 Å². The SMILES string of the molecule is Nc1c(F)cccc1C#CC=O. The Morgan fingerprint density at radius 1 is 1.50 bits per heavy atom. The zero-order valence-corrected chi connectivity index (χ0v) is 6.17. The molecule has 0 aliphatic heterocycles. The van der Waals surface area contributed by atoms with Crippen molar-refractivity contribution < 1.29 is 9.18 Å². The van der Waals surface area contributed by atoms with Crippen LogP contribution in [0.3, 0.4) is 0 Å². The Kier molecular flexibility index (Phi) is 2.44. The number of aldehydes is 1. The summed E-state index contributed by atoms with van der Waals surface area (Å²) < 4.78 is 12.7. The predicted octanol–water partition coefficient (Wildman–Crippen LogP) is 0.958. The minimum Gasteiger partial charge on any atom is -0.395 e. The first-order valence-electron chi connectivity index (χ1n) is 3.25. The van der Waals surface area contributed by atoms with Crippen LogP contribution in [0.25, 0.3) is 0 Å². The van der Waals surface area contributed by atoms with Crippen LogP contribution in [-0.2, 0) is 4.79 Å². The van der Waals surface area contributed by atoms with Gasteiger partial charge in [0.15, 0.2) is 6.29 Å². The molecule has 1 aromatic carbocycles. The molecule has 1 rings (SSSR count). The highest BCUT2D eigenvalue weighted by molar-refractivity contribution is 5.75. The minimum absolute atomic E-state index is 0.0214. The largest absolute Gasteiger partial charge is 0.395 e. The van der Waals surface area contributed by atoms with Crippen molar-refractivity contribution in [3.05, 3.63) is 29.6 Å². The summed E-state index contributed by atoms with van der Waals surface area (Å²) in [7, 11) is 0. The summed E-state index contributed by atoms with van der Waals surface area (Å²) in [6.45, 7) is 0. The topological polar surface area (TPSA) is 43.1 Å². The third kappa shape index (κ3) is 1.61. The maximum absolute atomic E-state index is 12.7. The van der Waals surface area contributed by atoms with E-state index >= 15 is 0 Å². The number of rotatable bonds is 0. The Balaban J connectivity index is 3.16. The van der Waals surface area contributed by atoms with E-state index in [9.17, 15) is 9.18 Å². The summed E-state index contributed by atoms with van der Waals surface area (Å²) in [5.41, 5.74) is 5.64. The number of carbonyl (C=O) groups is 1. The first kappa shape index (κ1) is 8.28. The van der Waals surface area contributed by atoms with Crippen LogP contribution in [0.2, 0.25) is 0 Å². The zero-order chi connectivity index (χ0) is 8.97. The van der Waals surface area contributed by atoms with Crippen LogP contribution in [0.1, 0.15) is 5.56 Å². The lowest BCUT2D eigenvalue weighted by atomic mass is 10.2. The van der Waals surface area contributed by atoms with Gasteiger partial charge in [-0.15, -0.1) is 0 Å². The number of carbonyl (C=O) groups excluding carboxylic acids is 1. The number of hydrogen-bond acceptors (Lipinski definition) is 2. The molecule has 0 aliphatic carbocycles. The summed E-state index contributed by atoms with van der Waals surface area (Å²) in [5.74, 6) is 4.06. The molecule has 1 aromatic rings. The molecule has 0 fully saturated rings. The molecule has 0 aromatic heterocycles. The van der Waals surface area contributed by atoms with E-state index in [0.29, 0.717) is 11.8 Å². The molecule has 0 saturated carbocycles. The lowest BCUT2D eigenvalue weighted by Crippen LogP contribution is -1.93. The van der Waals surface area contributed by atoms with Gasteiger partial charge in [0.2, 0.25) is 0 Å². The maximum Gasteiger partial charge on any atom is 0.193 e. The molecule has 0 heterocycles. The van der Waals surface area contributed by atoms with E-state index in [-0.39, 0.29) is 5.69 Å². The first-order chi connectivity index (χ1) is 5.75. The van der Waals surface area contributed by atoms with Crippen LogP contribution >= 0.6 is 0 Å². The lowest BCUT2D eigenvalue weighted by molar-refractivity contribution is -0.103. The molecule has 0 bridgehead atoms. The van der Waals surface area contributed by atoms with Gasteiger partial charge in [-0.05, 0) is 18.1 Å². The van der Waals surface area contributed by atoms with Crippen LogP contribution in [-0.4, -0.2) is 6.29 Å². The van der Waals surface area contributed by atoms with Crippen molar-refractivity contribution in [3.63, 3.8) is 0 Å². The van der Waals surface area contributed by atoms with E-state index in [0.717, 1.165) is 0 Å². The molecule has 0 unspecified atom stereocenters. The Morgan fingerprint density at radius 2 is 2.25 bits per heavy atom. The standard InChI is InChI=1S/C9H6FNO/c10-8-5-1-3-7(9(8)11)4-2-6-12/h1,3,5-6H,11H2. The number of benzene rings is 1. The second-order valence-corrected chi connectivity index (χ2v) is 2.09. The molecule has 3 heteroatoms. The molecule has 60 valence electrons. The quantitative estimate of drug-likeness (QED) is 0.351. The third-order valence-electron chi connectivity index (χ3n) is 1.32. The van der Waals surface area contributed by atoms with Crippen molar-refractivity contribution in [2.45, 2.75) is 0 Å². The third-order valence-corrected chi connectivity index (χ3v) is 1.32. The van der Waals surface area contributed by atoms with Gasteiger partial charge in [0.1, 0.15) is 5.82 Å². The fourth-order valence-corrected chi connectivity index (χ4v) is 0.753. The summed E-state index contributed by atoms with van der Waals surface area (Å²) >= 11 is 0. The minimum atomic E-state index is -0.521. The summed E-state index contributed by atoms with van der Waals surface area (Å²) in [6, 6.07) is 4.27. The zero-order valence-electron chi connectivity index (χ0n) is 6.17. The summed E-state index contributed by atoms with van der Waals surface area (Å²) in [6.07, 6.45) is 0.435. The van der Waals surface area contributed by atoms with Crippen molar-refractivity contribution in [3.8, 4) is 11.8 Å². The Bertz CT molecular complexity index is 363. The van der Waals surface area contributed by atoms with E-state index in [1.807, 2.05) is 0 Å². The highest BCUT2D eigenvalue weighted by Crippen LogP contribution is 2.13. The Labute approximate surface area is 69.2 Å². The molecule has 0 amide bonds. The van der Waals surface area contributed by atoms with Gasteiger partial charge in [-0.2, -0.15) is 0 Å². The second-order valence-electron chi connectivity index (χ2n) is 2.09. The van der Waals surface area contributed by atoms with Gasteiger partial charge >= 0.3 is 0 Å². The van der Waals surface area contributed by atoms with Crippen LogP contribution < -0.4 is 5.73 Å². The number of para-hydroxylation sites is 1. The van der Waals surface area contributed by atoms with Crippen LogP contribution in [0.4, 0.5) is 10.1 Å². The van der Waals surface area contributed by atoms with Gasteiger partial charge in [0, 0.05) is 0 Å². The van der Waals surface area contributed by atoms with Gasteiger partial charge in [0.25, 0.3) is 0 Å². The molecule has 2 nitrogen and oxygen atoms in total. The van der Waals surface area contributed by atoms with E-state index in [1.165, 1.54) is 12.1 Å². The number of anilines is 1. The maximum atomic E-state index is 12.7. The van der Waals surface area contributed by atoms with Crippen LogP contribution in [0.5, 0.6) is 0 Å². The number of hydrogen-bond donors (Lipinski definition) is 1. The highest BCUT2D eigenvalue weighted by Gasteiger charge is 1.99. The van der Waals surface area contributed by atoms with Crippen molar-refractivity contribution in [1.29, 1.82) is 0 Å². The summed E-state index contributed by atoms with van der Waals surface area (Å²) in [4.78, 5) is 9.87. The fourth-order valence-electron chi connectivity index (χ4n) is 0.753. The average Bonchev–Trinajstić information content (AvgIpc) is 2.08. The molecular formula is C9H6FNO. The van der Waals surface area contributed by atoms with Gasteiger partial charge in [-0.3, -0.25) is 4.79 Å². The Morgan fingerprint density at radius 3 is 2.92 bits per heavy atom. The number of nitrogen functional groups attached to an aromatic ring is 1. The van der Waals surface area contributed by atoms with Gasteiger partial charge in [-0.25, -0.2) is 4.39 Å². The van der Waals surface area contributed by atoms with E-state index in [4.69, 9.17) is 5.73 Å².